The smallest absolute Gasteiger partial charge is 0.341 e. The molecular weight excluding hydrogens is 535 g/mol. The molecule has 2 atom stereocenters. The van der Waals surface area contributed by atoms with Crippen LogP contribution in [0.2, 0.25) is 0 Å². The highest BCUT2D eigenvalue weighted by Crippen LogP contribution is 2.21. The van der Waals surface area contributed by atoms with E-state index in [1.165, 1.54) is 0 Å². The van der Waals surface area contributed by atoms with Gasteiger partial charge in [-0.2, -0.15) is 9.97 Å². The maximum absolute atomic E-state index is 14.6. The number of amides is 1. The summed E-state index contributed by atoms with van der Waals surface area (Å²) < 4.78 is 24.7. The molecule has 13 nitrogen and oxygen atoms in total. The van der Waals surface area contributed by atoms with Crippen LogP contribution in [0.4, 0.5) is 21.8 Å². The quantitative estimate of drug-likeness (QED) is 0.232. The zero-order valence-corrected chi connectivity index (χ0v) is 23.6. The fourth-order valence-corrected chi connectivity index (χ4v) is 3.83. The van der Waals surface area contributed by atoms with E-state index in [9.17, 15) is 18.8 Å². The average Bonchev–Trinajstić information content (AvgIpc) is 2.90. The Morgan fingerprint density at radius 3 is 2.34 bits per heavy atom. The lowest BCUT2D eigenvalue weighted by Crippen LogP contribution is -2.45. The number of carbonyl (C=O) groups excluding carboxylic acids is 3. The van der Waals surface area contributed by atoms with Crippen LogP contribution in [0, 0.1) is 0 Å². The van der Waals surface area contributed by atoms with E-state index < -0.39 is 48.7 Å². The molecule has 0 saturated heterocycles. The first-order chi connectivity index (χ1) is 19.4. The minimum absolute atomic E-state index is 0.00756. The van der Waals surface area contributed by atoms with Crippen LogP contribution in [-0.4, -0.2) is 62.2 Å². The third-order valence-electron chi connectivity index (χ3n) is 5.70. The third-order valence-corrected chi connectivity index (χ3v) is 5.70. The van der Waals surface area contributed by atoms with Gasteiger partial charge in [0.15, 0.2) is 23.2 Å². The molecule has 2 aromatic heterocycles. The van der Waals surface area contributed by atoms with Crippen LogP contribution >= 0.6 is 0 Å². The van der Waals surface area contributed by atoms with Crippen molar-refractivity contribution in [3.8, 4) is 0 Å². The molecule has 3 rings (SSSR count). The number of esters is 2. The summed E-state index contributed by atoms with van der Waals surface area (Å²) in [6.07, 6.45) is -1.68. The van der Waals surface area contributed by atoms with Crippen molar-refractivity contribution in [1.29, 1.82) is 0 Å². The minimum atomic E-state index is -2.13. The molecule has 0 aliphatic heterocycles. The maximum atomic E-state index is 14.6. The number of nitrogens with two attached hydrogens (primary N) is 2. The summed E-state index contributed by atoms with van der Waals surface area (Å²) in [5.74, 6) is -2.47. The first kappa shape index (κ1) is 30.9. The van der Waals surface area contributed by atoms with Gasteiger partial charge < -0.3 is 31.6 Å². The highest BCUT2D eigenvalue weighted by Gasteiger charge is 2.32. The second-order valence-corrected chi connectivity index (χ2v) is 9.78. The molecule has 41 heavy (non-hydrogen) atoms. The van der Waals surface area contributed by atoms with Gasteiger partial charge in [0.05, 0.1) is 30.6 Å². The first-order valence-electron chi connectivity index (χ1n) is 13.1. The van der Waals surface area contributed by atoms with Gasteiger partial charge in [0.2, 0.25) is 5.95 Å². The Bertz CT molecular complexity index is 1420. The second kappa shape index (κ2) is 13.6. The topological polar surface area (TPSA) is 197 Å². The number of ether oxygens (including phenoxy) is 2. The predicted molar refractivity (Wildman–Crippen MR) is 150 cm³/mol. The molecule has 0 aliphatic rings. The molecular formula is C27H35FN8O5. The van der Waals surface area contributed by atoms with Gasteiger partial charge in [-0.25, -0.2) is 23.9 Å². The fraction of sp³-hybridized carbons (Fsp3) is 0.444. The Balaban J connectivity index is 1.74. The largest absolute Gasteiger partial charge is 0.461 e. The van der Waals surface area contributed by atoms with E-state index in [-0.39, 0.29) is 23.0 Å². The van der Waals surface area contributed by atoms with E-state index >= 15 is 0 Å². The van der Waals surface area contributed by atoms with Crippen molar-refractivity contribution in [2.24, 2.45) is 0 Å². The van der Waals surface area contributed by atoms with Crippen molar-refractivity contribution < 1.29 is 28.2 Å². The molecule has 0 spiro atoms. The van der Waals surface area contributed by atoms with Crippen LogP contribution in [0.15, 0.2) is 24.4 Å². The van der Waals surface area contributed by atoms with Gasteiger partial charge in [-0.1, -0.05) is 6.92 Å². The third kappa shape index (κ3) is 8.43. The van der Waals surface area contributed by atoms with Gasteiger partial charge in [-0.15, -0.1) is 0 Å². The Morgan fingerprint density at radius 2 is 1.68 bits per heavy atom. The minimum Gasteiger partial charge on any atom is -0.461 e. The van der Waals surface area contributed by atoms with Crippen LogP contribution in [0.3, 0.4) is 0 Å². The second-order valence-electron chi connectivity index (χ2n) is 9.78. The number of aryl methyl sites for hydroxylation is 1. The molecule has 0 radical (unpaired) electrons. The number of fused-ring (bicyclic) bond motifs is 1. The number of anilines is 3. The van der Waals surface area contributed by atoms with E-state index in [2.05, 4.69) is 30.6 Å². The fourth-order valence-electron chi connectivity index (χ4n) is 3.83. The number of hydrogen-bond acceptors (Lipinski definition) is 12. The van der Waals surface area contributed by atoms with E-state index in [0.29, 0.717) is 24.2 Å². The monoisotopic (exact) mass is 570 g/mol. The van der Waals surface area contributed by atoms with E-state index in [0.717, 1.165) is 11.3 Å². The lowest BCUT2D eigenvalue weighted by molar-refractivity contribution is -0.155. The van der Waals surface area contributed by atoms with Gasteiger partial charge in [-0.3, -0.25) is 4.79 Å². The zero-order chi connectivity index (χ0) is 30.3. The van der Waals surface area contributed by atoms with E-state index in [1.54, 1.807) is 52.1 Å². The van der Waals surface area contributed by atoms with Gasteiger partial charge in [0.25, 0.3) is 5.91 Å². The molecule has 220 valence electrons. The van der Waals surface area contributed by atoms with Crippen molar-refractivity contribution in [3.63, 3.8) is 0 Å². The van der Waals surface area contributed by atoms with Crippen molar-refractivity contribution in [1.82, 2.24) is 25.3 Å². The van der Waals surface area contributed by atoms with E-state index in [4.69, 9.17) is 20.9 Å². The highest BCUT2D eigenvalue weighted by molar-refractivity contribution is 5.97. The van der Waals surface area contributed by atoms with Gasteiger partial charge >= 0.3 is 11.9 Å². The summed E-state index contributed by atoms with van der Waals surface area (Å²) in [6.45, 7) is 8.61. The van der Waals surface area contributed by atoms with Crippen molar-refractivity contribution in [2.45, 2.75) is 78.4 Å². The number of alkyl halides is 1. The van der Waals surface area contributed by atoms with Crippen molar-refractivity contribution in [2.75, 3.05) is 16.8 Å². The van der Waals surface area contributed by atoms with Crippen LogP contribution in [0.1, 0.15) is 62.7 Å². The summed E-state index contributed by atoms with van der Waals surface area (Å²) >= 11 is 0. The van der Waals surface area contributed by atoms with Crippen LogP contribution in [0.5, 0.6) is 0 Å². The van der Waals surface area contributed by atoms with Crippen molar-refractivity contribution in [3.05, 3.63) is 41.2 Å². The number of benzene rings is 1. The normalized spacial score (nSPS) is 12.7. The Morgan fingerprint density at radius 1 is 1.00 bits per heavy atom. The molecule has 0 saturated carbocycles. The summed E-state index contributed by atoms with van der Waals surface area (Å²) in [5, 5.41) is 5.76. The number of nitrogens with zero attached hydrogens (tertiary/aromatic N) is 4. The molecule has 0 fully saturated rings. The number of rotatable bonds is 12. The first-order valence-corrected chi connectivity index (χ1v) is 13.1. The molecule has 1 aromatic carbocycles. The standard InChI is InChI=1S/C27H35FN8O5/c1-6-15-9-16(24(37)34-20(26(39)41-14(4)5)10-18(28)25(38)40-13(2)3)7-8-19(15)31-11-17-12-32-23-21(33-17)22(29)35-27(30)36-23/h7-9,12-14,18,20,31H,6,10-11H2,1-5H3,(H,34,37)(H4,29,30,32,35,36)/t18-,20-/m0/s1. The Hall–Kier alpha value is -4.62. The molecule has 0 aliphatic carbocycles. The average molecular weight is 571 g/mol. The summed E-state index contributed by atoms with van der Waals surface area (Å²) in [4.78, 5) is 54.3. The number of halogens is 1. The molecule has 0 bridgehead atoms. The summed E-state index contributed by atoms with van der Waals surface area (Å²) in [7, 11) is 0. The Kier molecular flexibility index (Phi) is 10.3. The molecule has 1 amide bonds. The zero-order valence-electron chi connectivity index (χ0n) is 23.6. The number of hydrogen-bond donors (Lipinski definition) is 4. The lowest BCUT2D eigenvalue weighted by Gasteiger charge is -2.21. The van der Waals surface area contributed by atoms with Crippen LogP contribution < -0.4 is 22.1 Å². The van der Waals surface area contributed by atoms with Crippen molar-refractivity contribution >= 4 is 46.5 Å². The SMILES string of the molecule is CCc1cc(C(=O)N[C@@H](C[C@H](F)C(=O)OC(C)C)C(=O)OC(C)C)ccc1NCc1cnc2nc(N)nc(N)c2n1. The predicted octanol–water partition coefficient (Wildman–Crippen LogP) is 2.49. The summed E-state index contributed by atoms with van der Waals surface area (Å²) in [5.41, 5.74) is 14.5. The number of nitrogen functional groups attached to an aromatic ring is 2. The maximum Gasteiger partial charge on any atom is 0.341 e. The lowest BCUT2D eigenvalue weighted by atomic mass is 10.0. The van der Waals surface area contributed by atoms with Gasteiger partial charge in [0, 0.05) is 17.7 Å². The van der Waals surface area contributed by atoms with Crippen LogP contribution in [0.25, 0.3) is 11.2 Å². The molecule has 3 aromatic rings. The summed E-state index contributed by atoms with van der Waals surface area (Å²) in [6, 6.07) is 3.52. The van der Waals surface area contributed by atoms with Crippen LogP contribution in [-0.2, 0) is 32.0 Å². The molecule has 14 heteroatoms. The molecule has 0 unspecified atom stereocenters. The Labute approximate surface area is 236 Å². The highest BCUT2D eigenvalue weighted by atomic mass is 19.1. The molecule has 2 heterocycles. The number of aromatic nitrogens is 4. The van der Waals surface area contributed by atoms with Gasteiger partial charge in [-0.05, 0) is 57.9 Å². The number of nitrogens with one attached hydrogen (secondary N) is 2. The number of carbonyl (C=O) groups is 3. The van der Waals surface area contributed by atoms with E-state index in [1.807, 2.05) is 6.92 Å². The molecule has 6 N–H and O–H groups in total. The van der Waals surface area contributed by atoms with Gasteiger partial charge in [0.1, 0.15) is 6.04 Å².